The van der Waals surface area contributed by atoms with Gasteiger partial charge in [0.15, 0.2) is 5.96 Å². The fourth-order valence-electron chi connectivity index (χ4n) is 2.71. The maximum Gasteiger partial charge on any atom is 0.191 e. The van der Waals surface area contributed by atoms with Crippen LogP contribution < -0.4 is 10.6 Å². The van der Waals surface area contributed by atoms with Gasteiger partial charge in [0.05, 0.1) is 11.4 Å². The van der Waals surface area contributed by atoms with Gasteiger partial charge in [-0.25, -0.2) is 9.67 Å². The highest BCUT2D eigenvalue weighted by Crippen LogP contribution is 2.14. The standard InChI is InChI=1S/C20H23ClN6/c1-15-10-12-27(26-15)18-6-4-3-5-17(18)14-25-20(22-2)23-11-9-16-7-8-19(21)24-13-16/h3-8,10,12-13H,9,11,14H2,1-2H3,(H2,22,23,25). The summed E-state index contributed by atoms with van der Waals surface area (Å²) in [4.78, 5) is 8.39. The van der Waals surface area contributed by atoms with E-state index in [-0.39, 0.29) is 0 Å². The summed E-state index contributed by atoms with van der Waals surface area (Å²) in [7, 11) is 1.77. The van der Waals surface area contributed by atoms with Gasteiger partial charge in [0, 0.05) is 32.5 Å². The van der Waals surface area contributed by atoms with E-state index in [1.165, 1.54) is 0 Å². The molecule has 0 bridgehead atoms. The number of aryl methyl sites for hydroxylation is 1. The maximum absolute atomic E-state index is 5.81. The molecule has 0 atom stereocenters. The van der Waals surface area contributed by atoms with Crippen LogP contribution in [0.2, 0.25) is 5.15 Å². The van der Waals surface area contributed by atoms with Crippen molar-refractivity contribution in [1.29, 1.82) is 0 Å². The fraction of sp³-hybridized carbons (Fsp3) is 0.250. The van der Waals surface area contributed by atoms with Crippen molar-refractivity contribution in [3.05, 3.63) is 76.8 Å². The zero-order chi connectivity index (χ0) is 19.1. The summed E-state index contributed by atoms with van der Waals surface area (Å²) < 4.78 is 1.90. The number of aromatic nitrogens is 3. The second-order valence-electron chi connectivity index (χ2n) is 6.12. The van der Waals surface area contributed by atoms with Gasteiger partial charge in [-0.3, -0.25) is 4.99 Å². The first kappa shape index (κ1) is 18.9. The molecule has 0 aliphatic carbocycles. The second kappa shape index (κ2) is 9.19. The van der Waals surface area contributed by atoms with Crippen LogP contribution >= 0.6 is 11.6 Å². The zero-order valence-corrected chi connectivity index (χ0v) is 16.2. The molecule has 0 radical (unpaired) electrons. The summed E-state index contributed by atoms with van der Waals surface area (Å²) in [6.45, 7) is 3.39. The van der Waals surface area contributed by atoms with E-state index in [0.29, 0.717) is 11.7 Å². The van der Waals surface area contributed by atoms with E-state index in [0.717, 1.165) is 41.4 Å². The van der Waals surface area contributed by atoms with Gasteiger partial charge < -0.3 is 10.6 Å². The number of guanidine groups is 1. The molecule has 0 unspecified atom stereocenters. The van der Waals surface area contributed by atoms with Crippen LogP contribution in [0.3, 0.4) is 0 Å². The van der Waals surface area contributed by atoms with Crippen molar-refractivity contribution in [1.82, 2.24) is 25.4 Å². The minimum Gasteiger partial charge on any atom is -0.356 e. The predicted molar refractivity (Wildman–Crippen MR) is 109 cm³/mol. The second-order valence-corrected chi connectivity index (χ2v) is 6.51. The van der Waals surface area contributed by atoms with E-state index in [9.17, 15) is 0 Å². The van der Waals surface area contributed by atoms with Crippen LogP contribution in [0.25, 0.3) is 5.69 Å². The van der Waals surface area contributed by atoms with Gasteiger partial charge in [0.25, 0.3) is 0 Å². The summed E-state index contributed by atoms with van der Waals surface area (Å²) in [5, 5.41) is 11.7. The Morgan fingerprint density at radius 3 is 2.70 bits per heavy atom. The summed E-state index contributed by atoms with van der Waals surface area (Å²) in [6, 6.07) is 14.0. The van der Waals surface area contributed by atoms with Crippen molar-refractivity contribution in [3.63, 3.8) is 0 Å². The summed E-state index contributed by atoms with van der Waals surface area (Å²) in [5.74, 6) is 0.753. The van der Waals surface area contributed by atoms with E-state index in [1.807, 2.05) is 42.1 Å². The lowest BCUT2D eigenvalue weighted by molar-refractivity contribution is 0.780. The Labute approximate surface area is 164 Å². The number of nitrogens with zero attached hydrogens (tertiary/aromatic N) is 4. The van der Waals surface area contributed by atoms with Gasteiger partial charge in [-0.2, -0.15) is 5.10 Å². The quantitative estimate of drug-likeness (QED) is 0.390. The monoisotopic (exact) mass is 382 g/mol. The highest BCUT2D eigenvalue weighted by Gasteiger charge is 2.06. The first-order valence-corrected chi connectivity index (χ1v) is 9.19. The summed E-state index contributed by atoms with van der Waals surface area (Å²) >= 11 is 5.81. The molecule has 0 amide bonds. The number of nitrogens with one attached hydrogen (secondary N) is 2. The van der Waals surface area contributed by atoms with E-state index >= 15 is 0 Å². The smallest absolute Gasteiger partial charge is 0.191 e. The molecule has 0 spiro atoms. The minimum absolute atomic E-state index is 0.509. The third kappa shape index (κ3) is 5.31. The molecule has 140 valence electrons. The Morgan fingerprint density at radius 2 is 2.00 bits per heavy atom. The molecule has 0 saturated heterocycles. The van der Waals surface area contributed by atoms with E-state index in [4.69, 9.17) is 11.6 Å². The number of hydrogen-bond acceptors (Lipinski definition) is 3. The number of benzene rings is 1. The first-order valence-electron chi connectivity index (χ1n) is 8.81. The SMILES string of the molecule is CN=C(NCCc1ccc(Cl)nc1)NCc1ccccc1-n1ccc(C)n1. The molecule has 2 N–H and O–H groups in total. The molecule has 2 aromatic heterocycles. The molecule has 0 saturated carbocycles. The van der Waals surface area contributed by atoms with Crippen molar-refractivity contribution in [2.45, 2.75) is 19.9 Å². The number of rotatable bonds is 6. The lowest BCUT2D eigenvalue weighted by Gasteiger charge is -2.14. The highest BCUT2D eigenvalue weighted by molar-refractivity contribution is 6.29. The molecule has 2 heterocycles. The van der Waals surface area contributed by atoms with E-state index in [2.05, 4.69) is 37.8 Å². The van der Waals surface area contributed by atoms with Crippen LogP contribution in [-0.4, -0.2) is 34.3 Å². The van der Waals surface area contributed by atoms with Crippen LogP contribution in [0, 0.1) is 6.92 Å². The first-order chi connectivity index (χ1) is 13.2. The maximum atomic E-state index is 5.81. The lowest BCUT2D eigenvalue weighted by atomic mass is 10.2. The Morgan fingerprint density at radius 1 is 1.15 bits per heavy atom. The topological polar surface area (TPSA) is 67.1 Å². The van der Waals surface area contributed by atoms with E-state index < -0.39 is 0 Å². The van der Waals surface area contributed by atoms with Crippen LogP contribution in [-0.2, 0) is 13.0 Å². The minimum atomic E-state index is 0.509. The Hall–Kier alpha value is -2.86. The van der Waals surface area contributed by atoms with Gasteiger partial charge in [-0.15, -0.1) is 0 Å². The van der Waals surface area contributed by atoms with Gasteiger partial charge in [-0.1, -0.05) is 35.9 Å². The van der Waals surface area contributed by atoms with Crippen molar-refractivity contribution in [3.8, 4) is 5.69 Å². The van der Waals surface area contributed by atoms with Crippen molar-refractivity contribution in [2.24, 2.45) is 4.99 Å². The van der Waals surface area contributed by atoms with Gasteiger partial charge in [0.2, 0.25) is 0 Å². The molecular weight excluding hydrogens is 360 g/mol. The fourth-order valence-corrected chi connectivity index (χ4v) is 2.82. The molecule has 3 rings (SSSR count). The number of halogens is 1. The van der Waals surface area contributed by atoms with Gasteiger partial charge >= 0.3 is 0 Å². The third-order valence-corrected chi connectivity index (χ3v) is 4.35. The number of aliphatic imine (C=N–C) groups is 1. The number of hydrogen-bond donors (Lipinski definition) is 2. The highest BCUT2D eigenvalue weighted by atomic mass is 35.5. The zero-order valence-electron chi connectivity index (χ0n) is 15.5. The van der Waals surface area contributed by atoms with Crippen LogP contribution in [0.5, 0.6) is 0 Å². The molecule has 3 aromatic rings. The van der Waals surface area contributed by atoms with Gasteiger partial charge in [-0.05, 0) is 42.7 Å². The molecule has 1 aromatic carbocycles. The number of pyridine rings is 1. The van der Waals surface area contributed by atoms with Crippen molar-refractivity contribution in [2.75, 3.05) is 13.6 Å². The lowest BCUT2D eigenvalue weighted by Crippen LogP contribution is -2.38. The largest absolute Gasteiger partial charge is 0.356 e. The molecule has 0 fully saturated rings. The summed E-state index contributed by atoms with van der Waals surface area (Å²) in [6.07, 6.45) is 4.61. The van der Waals surface area contributed by atoms with Crippen LogP contribution in [0.15, 0.2) is 59.9 Å². The number of para-hydroxylation sites is 1. The average Bonchev–Trinajstić information content (AvgIpc) is 3.12. The molecule has 0 aliphatic rings. The van der Waals surface area contributed by atoms with Gasteiger partial charge in [0.1, 0.15) is 5.15 Å². The molecule has 6 nitrogen and oxygen atoms in total. The summed E-state index contributed by atoms with van der Waals surface area (Å²) in [5.41, 5.74) is 4.32. The van der Waals surface area contributed by atoms with Crippen molar-refractivity contribution >= 4 is 17.6 Å². The molecular formula is C20H23ClN6. The average molecular weight is 383 g/mol. The molecule has 7 heteroatoms. The third-order valence-electron chi connectivity index (χ3n) is 4.13. The Balaban J connectivity index is 1.56. The van der Waals surface area contributed by atoms with Crippen molar-refractivity contribution < 1.29 is 0 Å². The normalized spacial score (nSPS) is 11.4. The molecule has 0 aliphatic heterocycles. The Kier molecular flexibility index (Phi) is 6.44. The Bertz CT molecular complexity index is 901. The molecule has 27 heavy (non-hydrogen) atoms. The van der Waals surface area contributed by atoms with Crippen LogP contribution in [0.1, 0.15) is 16.8 Å². The van der Waals surface area contributed by atoms with Crippen LogP contribution in [0.4, 0.5) is 0 Å². The van der Waals surface area contributed by atoms with E-state index in [1.54, 1.807) is 19.3 Å². The predicted octanol–water partition coefficient (Wildman–Crippen LogP) is 3.14.